The second-order valence-corrected chi connectivity index (χ2v) is 11.1. The summed E-state index contributed by atoms with van der Waals surface area (Å²) in [5.41, 5.74) is 6.22. The second kappa shape index (κ2) is 13.6. The first kappa shape index (κ1) is 27.2. The van der Waals surface area contributed by atoms with Crippen molar-refractivity contribution in [2.75, 3.05) is 12.4 Å². The van der Waals surface area contributed by atoms with Gasteiger partial charge in [-0.25, -0.2) is 10.4 Å². The van der Waals surface area contributed by atoms with Gasteiger partial charge in [0.25, 0.3) is 5.91 Å². The fraction of sp³-hybridized carbons (Fsp3) is 0.148. The summed E-state index contributed by atoms with van der Waals surface area (Å²) in [6.07, 6.45) is 1.57. The summed E-state index contributed by atoms with van der Waals surface area (Å²) in [5.74, 6) is 1.24. The van der Waals surface area contributed by atoms with Crippen LogP contribution in [-0.4, -0.2) is 29.5 Å². The lowest BCUT2D eigenvalue weighted by Crippen LogP contribution is -2.19. The zero-order chi connectivity index (χ0) is 26.0. The number of hydrogen-bond donors (Lipinski definition) is 1. The van der Waals surface area contributed by atoms with Gasteiger partial charge in [-0.1, -0.05) is 63.6 Å². The number of hydrogen-bond acceptors (Lipinski definition) is 7. The summed E-state index contributed by atoms with van der Waals surface area (Å²) in [4.78, 5) is 16.8. The molecule has 1 heterocycles. The van der Waals surface area contributed by atoms with Gasteiger partial charge in [-0.2, -0.15) is 5.10 Å². The van der Waals surface area contributed by atoms with E-state index in [1.165, 1.54) is 23.1 Å². The Bertz CT molecular complexity index is 1380. The van der Waals surface area contributed by atoms with Crippen LogP contribution in [0.4, 0.5) is 0 Å². The molecule has 4 rings (SSSR count). The van der Waals surface area contributed by atoms with Crippen LogP contribution in [0.5, 0.6) is 11.5 Å². The van der Waals surface area contributed by atoms with Crippen molar-refractivity contribution in [1.82, 2.24) is 10.4 Å². The minimum absolute atomic E-state index is 0.206. The third-order valence-electron chi connectivity index (χ3n) is 4.90. The first-order chi connectivity index (χ1) is 18.0. The molecule has 3 aromatic carbocycles. The van der Waals surface area contributed by atoms with Crippen molar-refractivity contribution in [1.29, 1.82) is 0 Å². The molecule has 0 saturated heterocycles. The van der Waals surface area contributed by atoms with Crippen molar-refractivity contribution in [2.45, 2.75) is 17.9 Å². The first-order valence-corrected chi connectivity index (χ1v) is 14.3. The first-order valence-electron chi connectivity index (χ1n) is 11.3. The minimum atomic E-state index is -0.219. The highest BCUT2D eigenvalue weighted by Gasteiger charge is 2.09. The number of rotatable bonds is 11. The van der Waals surface area contributed by atoms with Gasteiger partial charge in [-0.05, 0) is 60.5 Å². The molecule has 0 aliphatic heterocycles. The topological polar surface area (TPSA) is 72.8 Å². The fourth-order valence-corrected chi connectivity index (χ4v) is 5.40. The number of hydrazone groups is 1. The molecule has 0 saturated carbocycles. The van der Waals surface area contributed by atoms with Gasteiger partial charge in [-0.15, -0.1) is 11.3 Å². The lowest BCUT2D eigenvalue weighted by Gasteiger charge is -2.12. The molecule has 10 heteroatoms. The number of aromatic nitrogens is 1. The summed E-state index contributed by atoms with van der Waals surface area (Å²) >= 11 is 12.3. The average Bonchev–Trinajstić information content (AvgIpc) is 3.37. The van der Waals surface area contributed by atoms with E-state index in [9.17, 15) is 4.79 Å². The van der Waals surface area contributed by atoms with Crippen molar-refractivity contribution < 1.29 is 14.3 Å². The number of amides is 1. The maximum absolute atomic E-state index is 12.3. The Labute approximate surface area is 237 Å². The summed E-state index contributed by atoms with van der Waals surface area (Å²) in [6, 6.07) is 21.0. The Hall–Kier alpha value is -2.85. The van der Waals surface area contributed by atoms with Crippen molar-refractivity contribution in [2.24, 2.45) is 5.10 Å². The number of halogens is 2. The number of ether oxygens (including phenoxy) is 2. The monoisotopic (exact) mass is 615 g/mol. The second-order valence-electron chi connectivity index (χ2n) is 7.65. The number of benzene rings is 3. The molecule has 0 fully saturated rings. The predicted molar refractivity (Wildman–Crippen MR) is 155 cm³/mol. The molecule has 1 N–H and O–H groups in total. The highest BCUT2D eigenvalue weighted by molar-refractivity contribution is 9.10. The van der Waals surface area contributed by atoms with Gasteiger partial charge >= 0.3 is 0 Å². The Morgan fingerprint density at radius 3 is 2.76 bits per heavy atom. The van der Waals surface area contributed by atoms with Crippen LogP contribution in [0.2, 0.25) is 5.02 Å². The highest BCUT2D eigenvalue weighted by atomic mass is 79.9. The van der Waals surface area contributed by atoms with E-state index in [1.807, 2.05) is 79.0 Å². The SMILES string of the molecule is CCOc1cc(/C=N/NC(=O)CSc2nc(-c3ccc(Cl)cc3)cs2)ccc1OCc1cccc(Br)c1. The number of thiazole rings is 1. The van der Waals surface area contributed by atoms with Gasteiger partial charge in [0.1, 0.15) is 6.61 Å². The van der Waals surface area contributed by atoms with Gasteiger partial charge in [0.05, 0.1) is 24.3 Å². The van der Waals surface area contributed by atoms with E-state index in [-0.39, 0.29) is 11.7 Å². The van der Waals surface area contributed by atoms with Gasteiger partial charge in [0, 0.05) is 20.4 Å². The van der Waals surface area contributed by atoms with E-state index in [4.69, 9.17) is 21.1 Å². The molecule has 6 nitrogen and oxygen atoms in total. The Balaban J connectivity index is 1.28. The van der Waals surface area contributed by atoms with Gasteiger partial charge in [-0.3, -0.25) is 4.79 Å². The Morgan fingerprint density at radius 2 is 1.97 bits per heavy atom. The number of nitrogens with one attached hydrogen (secondary N) is 1. The van der Waals surface area contributed by atoms with Crippen LogP contribution in [0.3, 0.4) is 0 Å². The Morgan fingerprint density at radius 1 is 1.14 bits per heavy atom. The zero-order valence-electron chi connectivity index (χ0n) is 19.8. The number of thioether (sulfide) groups is 1. The molecule has 0 unspecified atom stereocenters. The summed E-state index contributed by atoms with van der Waals surface area (Å²) in [6.45, 7) is 2.83. The molecule has 0 radical (unpaired) electrons. The van der Waals surface area contributed by atoms with Crippen molar-refractivity contribution in [3.63, 3.8) is 0 Å². The van der Waals surface area contributed by atoms with Crippen molar-refractivity contribution in [3.8, 4) is 22.8 Å². The quantitative estimate of drug-likeness (QED) is 0.108. The van der Waals surface area contributed by atoms with Crippen LogP contribution in [0.1, 0.15) is 18.1 Å². The van der Waals surface area contributed by atoms with Gasteiger partial charge < -0.3 is 9.47 Å². The standard InChI is InChI=1S/C27H23BrClN3O3S2/c1-2-34-25-13-18(6-11-24(25)35-15-19-4-3-5-21(28)12-19)14-30-32-26(33)17-37-27-31-23(16-36-27)20-7-9-22(29)10-8-20/h3-14,16H,2,15,17H2,1H3,(H,32,33)/b30-14+. The molecule has 0 atom stereocenters. The third kappa shape index (κ3) is 8.33. The fourth-order valence-electron chi connectivity index (χ4n) is 3.20. The Kier molecular flexibility index (Phi) is 10.0. The molecule has 0 bridgehead atoms. The van der Waals surface area contributed by atoms with Crippen LogP contribution in [0.25, 0.3) is 11.3 Å². The van der Waals surface area contributed by atoms with E-state index < -0.39 is 0 Å². The predicted octanol–water partition coefficient (Wildman–Crippen LogP) is 7.45. The summed E-state index contributed by atoms with van der Waals surface area (Å²) in [5, 5.41) is 6.72. The van der Waals surface area contributed by atoms with Gasteiger partial charge in [0.15, 0.2) is 15.8 Å². The van der Waals surface area contributed by atoms with Crippen LogP contribution >= 0.6 is 50.6 Å². The van der Waals surface area contributed by atoms with Crippen LogP contribution in [0.15, 0.2) is 86.0 Å². The lowest BCUT2D eigenvalue weighted by molar-refractivity contribution is -0.118. The van der Waals surface area contributed by atoms with E-state index in [0.29, 0.717) is 29.7 Å². The maximum atomic E-state index is 12.3. The maximum Gasteiger partial charge on any atom is 0.250 e. The van der Waals surface area contributed by atoms with E-state index in [1.54, 1.807) is 6.21 Å². The number of nitrogens with zero attached hydrogens (tertiary/aromatic N) is 2. The van der Waals surface area contributed by atoms with Crippen LogP contribution < -0.4 is 14.9 Å². The number of carbonyl (C=O) groups excluding carboxylic acids is 1. The van der Waals surface area contributed by atoms with Crippen molar-refractivity contribution in [3.05, 3.63) is 92.7 Å². The minimum Gasteiger partial charge on any atom is -0.490 e. The molecule has 37 heavy (non-hydrogen) atoms. The summed E-state index contributed by atoms with van der Waals surface area (Å²) in [7, 11) is 0. The van der Waals surface area contributed by atoms with Crippen LogP contribution in [-0.2, 0) is 11.4 Å². The number of carbonyl (C=O) groups is 1. The molecule has 0 aliphatic carbocycles. The normalized spacial score (nSPS) is 11.0. The molecular weight excluding hydrogens is 594 g/mol. The van der Waals surface area contributed by atoms with Gasteiger partial charge in [0.2, 0.25) is 0 Å². The average molecular weight is 617 g/mol. The lowest BCUT2D eigenvalue weighted by atomic mass is 10.2. The molecule has 0 aliphatic rings. The molecule has 1 amide bonds. The molecule has 4 aromatic rings. The van der Waals surface area contributed by atoms with Crippen molar-refractivity contribution >= 4 is 62.8 Å². The third-order valence-corrected chi connectivity index (χ3v) is 7.67. The van der Waals surface area contributed by atoms with Crippen LogP contribution in [0, 0.1) is 0 Å². The van der Waals surface area contributed by atoms with E-state index >= 15 is 0 Å². The molecular formula is C27H23BrClN3O3S2. The smallest absolute Gasteiger partial charge is 0.250 e. The highest BCUT2D eigenvalue weighted by Crippen LogP contribution is 2.30. The van der Waals surface area contributed by atoms with E-state index in [2.05, 4.69) is 31.4 Å². The molecule has 0 spiro atoms. The zero-order valence-corrected chi connectivity index (χ0v) is 23.8. The largest absolute Gasteiger partial charge is 0.490 e. The summed E-state index contributed by atoms with van der Waals surface area (Å²) < 4.78 is 13.5. The molecule has 190 valence electrons. The molecule has 1 aromatic heterocycles. The van der Waals surface area contributed by atoms with E-state index in [0.717, 1.165) is 31.2 Å².